The number of ether oxygens (including phenoxy) is 3. The molecule has 0 aliphatic carbocycles. The molecule has 1 amide bonds. The van der Waals surface area contributed by atoms with Crippen LogP contribution in [-0.4, -0.2) is 64.5 Å². The third-order valence-electron chi connectivity index (χ3n) is 8.57. The fourth-order valence-corrected chi connectivity index (χ4v) is 5.95. The van der Waals surface area contributed by atoms with Crippen LogP contribution in [0.1, 0.15) is 54.1 Å². The van der Waals surface area contributed by atoms with Crippen molar-refractivity contribution < 1.29 is 27.9 Å². The molecule has 3 heterocycles. The summed E-state index contributed by atoms with van der Waals surface area (Å²) in [6, 6.07) is 17.1. The average Bonchev–Trinajstić information content (AvgIpc) is 3.57. The molecule has 1 N–H and O–H groups in total. The molecule has 12 nitrogen and oxygen atoms in total. The van der Waals surface area contributed by atoms with E-state index in [4.69, 9.17) is 18.7 Å². The summed E-state index contributed by atoms with van der Waals surface area (Å²) in [4.78, 5) is 31.0. The molecule has 6 rings (SSSR count). The number of rotatable bonds is 13. The number of halogens is 1. The molecule has 52 heavy (non-hydrogen) atoms. The van der Waals surface area contributed by atoms with Crippen LogP contribution in [0.3, 0.4) is 0 Å². The third kappa shape index (κ3) is 9.09. The van der Waals surface area contributed by atoms with E-state index < -0.39 is 11.9 Å². The first-order chi connectivity index (χ1) is 25.3. The Bertz CT molecular complexity index is 2010. The minimum absolute atomic E-state index is 0.130. The van der Waals surface area contributed by atoms with Crippen LogP contribution in [0.2, 0.25) is 0 Å². The molecule has 0 unspecified atom stereocenters. The van der Waals surface area contributed by atoms with Crippen LogP contribution in [0.4, 0.5) is 32.3 Å². The number of carbonyl (C=O) groups is 1. The second kappa shape index (κ2) is 16.9. The monoisotopic (exact) mass is 707 g/mol. The minimum Gasteiger partial charge on any atom is -0.495 e. The lowest BCUT2D eigenvalue weighted by Crippen LogP contribution is -2.31. The van der Waals surface area contributed by atoms with Gasteiger partial charge in [0.1, 0.15) is 17.3 Å². The molecule has 0 spiro atoms. The SMILES string of the molecule is COc1cc(/C=C/c2nc(C)no2)ccc1N(C(=O)Oc1c(C)cccc1C)c1ccnc(Nc2ccc(OCCCN3CCCCC3)c(F)c2)n1. The molecule has 1 aliphatic rings. The van der Waals surface area contributed by atoms with Gasteiger partial charge in [-0.3, -0.25) is 0 Å². The van der Waals surface area contributed by atoms with Crippen molar-refractivity contribution >= 4 is 41.4 Å². The summed E-state index contributed by atoms with van der Waals surface area (Å²) in [6.07, 6.45) is 8.82. The number of anilines is 4. The lowest BCUT2D eigenvalue weighted by atomic mass is 10.1. The highest BCUT2D eigenvalue weighted by Crippen LogP contribution is 2.36. The smallest absolute Gasteiger partial charge is 0.425 e. The van der Waals surface area contributed by atoms with E-state index in [0.717, 1.165) is 42.7 Å². The van der Waals surface area contributed by atoms with Crippen LogP contribution in [0.25, 0.3) is 12.2 Å². The number of benzene rings is 3. The number of methoxy groups -OCH3 is 1. The van der Waals surface area contributed by atoms with Crippen LogP contribution < -0.4 is 24.4 Å². The zero-order chi connectivity index (χ0) is 36.5. The Labute approximate surface area is 302 Å². The molecular formula is C39H42FN7O5. The number of nitrogens with one attached hydrogen (secondary N) is 1. The Morgan fingerprint density at radius 2 is 1.79 bits per heavy atom. The molecule has 0 saturated carbocycles. The lowest BCUT2D eigenvalue weighted by Gasteiger charge is -2.26. The van der Waals surface area contributed by atoms with E-state index in [2.05, 4.69) is 30.3 Å². The first kappa shape index (κ1) is 36.0. The van der Waals surface area contributed by atoms with E-state index >= 15 is 4.39 Å². The minimum atomic E-state index is -0.724. The van der Waals surface area contributed by atoms with Gasteiger partial charge in [0.2, 0.25) is 5.95 Å². The van der Waals surface area contributed by atoms with Crippen molar-refractivity contribution in [1.29, 1.82) is 0 Å². The standard InChI is InChI=1S/C39H42FN7O5/c1-26-10-8-11-27(2)37(26)51-39(48)47(32-15-12-29(24-34(32)49-4)13-17-36-42-28(3)45-52-36)35-18-19-41-38(44-35)43-30-14-16-33(31(40)25-30)50-23-9-22-46-20-6-5-7-21-46/h8,10-19,24-25H,5-7,9,20-23H2,1-4H3,(H,41,43,44)/b17-13+. The van der Waals surface area contributed by atoms with E-state index in [1.165, 1.54) is 43.5 Å². The largest absolute Gasteiger partial charge is 0.495 e. The number of aromatic nitrogens is 4. The predicted octanol–water partition coefficient (Wildman–Crippen LogP) is 8.44. The van der Waals surface area contributed by atoms with Gasteiger partial charge < -0.3 is 29.0 Å². The second-order valence-corrected chi connectivity index (χ2v) is 12.5. The van der Waals surface area contributed by atoms with Crippen LogP contribution in [0.15, 0.2) is 71.4 Å². The topological polar surface area (TPSA) is 128 Å². The van der Waals surface area contributed by atoms with Crippen molar-refractivity contribution in [2.75, 3.05) is 43.6 Å². The summed E-state index contributed by atoms with van der Waals surface area (Å²) in [5, 5.41) is 6.85. The normalized spacial score (nSPS) is 13.2. The number of aryl methyl sites for hydroxylation is 3. The van der Waals surface area contributed by atoms with E-state index in [9.17, 15) is 4.79 Å². The summed E-state index contributed by atoms with van der Waals surface area (Å²) in [6.45, 7) is 9.07. The Morgan fingerprint density at radius 1 is 0.981 bits per heavy atom. The Balaban J connectivity index is 1.23. The molecule has 5 aromatic rings. The van der Waals surface area contributed by atoms with Gasteiger partial charge in [0.05, 0.1) is 19.4 Å². The summed E-state index contributed by atoms with van der Waals surface area (Å²) in [5.74, 6) is 1.66. The van der Waals surface area contributed by atoms with E-state index in [-0.39, 0.29) is 17.5 Å². The van der Waals surface area contributed by atoms with Crippen LogP contribution in [0.5, 0.6) is 17.2 Å². The molecule has 1 saturated heterocycles. The molecule has 0 radical (unpaired) electrons. The first-order valence-electron chi connectivity index (χ1n) is 17.3. The molecule has 3 aromatic carbocycles. The quantitative estimate of drug-likeness (QED) is 0.118. The number of hydrogen-bond donors (Lipinski definition) is 1. The number of para-hydroxylation sites is 1. The highest BCUT2D eigenvalue weighted by atomic mass is 19.1. The van der Waals surface area contributed by atoms with Gasteiger partial charge in [0, 0.05) is 36.6 Å². The van der Waals surface area contributed by atoms with Crippen molar-refractivity contribution in [1.82, 2.24) is 25.0 Å². The van der Waals surface area contributed by atoms with E-state index in [1.807, 2.05) is 32.0 Å². The lowest BCUT2D eigenvalue weighted by molar-refractivity contribution is 0.203. The van der Waals surface area contributed by atoms with Gasteiger partial charge >= 0.3 is 6.09 Å². The fourth-order valence-electron chi connectivity index (χ4n) is 5.95. The van der Waals surface area contributed by atoms with Gasteiger partial charge in [0.25, 0.3) is 5.89 Å². The summed E-state index contributed by atoms with van der Waals surface area (Å²) < 4.78 is 37.8. The second-order valence-electron chi connectivity index (χ2n) is 12.5. The number of piperidine rings is 1. The van der Waals surface area contributed by atoms with Crippen molar-refractivity contribution in [2.45, 2.75) is 46.5 Å². The predicted molar refractivity (Wildman–Crippen MR) is 197 cm³/mol. The molecule has 1 aliphatic heterocycles. The molecule has 270 valence electrons. The highest BCUT2D eigenvalue weighted by Gasteiger charge is 2.27. The number of amides is 1. The maximum absolute atomic E-state index is 15.1. The highest BCUT2D eigenvalue weighted by molar-refractivity contribution is 5.98. The zero-order valence-corrected chi connectivity index (χ0v) is 29.8. The van der Waals surface area contributed by atoms with Crippen molar-refractivity contribution in [3.05, 3.63) is 101 Å². The Kier molecular flexibility index (Phi) is 11.7. The molecular weight excluding hydrogens is 665 g/mol. The van der Waals surface area contributed by atoms with Crippen LogP contribution >= 0.6 is 0 Å². The van der Waals surface area contributed by atoms with Crippen molar-refractivity contribution in [2.24, 2.45) is 0 Å². The number of hydrogen-bond acceptors (Lipinski definition) is 11. The summed E-state index contributed by atoms with van der Waals surface area (Å²) in [5.41, 5.74) is 3.10. The van der Waals surface area contributed by atoms with Gasteiger partial charge in [0.15, 0.2) is 17.4 Å². The van der Waals surface area contributed by atoms with Gasteiger partial charge in [-0.25, -0.2) is 19.1 Å². The third-order valence-corrected chi connectivity index (χ3v) is 8.57. The Hall–Kier alpha value is -5.82. The number of nitrogens with zero attached hydrogens (tertiary/aromatic N) is 6. The van der Waals surface area contributed by atoms with Gasteiger partial charge in [-0.2, -0.15) is 9.97 Å². The van der Waals surface area contributed by atoms with Crippen LogP contribution in [-0.2, 0) is 0 Å². The average molecular weight is 708 g/mol. The summed E-state index contributed by atoms with van der Waals surface area (Å²) >= 11 is 0. The van der Waals surface area contributed by atoms with Gasteiger partial charge in [-0.15, -0.1) is 0 Å². The molecule has 0 bridgehead atoms. The van der Waals surface area contributed by atoms with Crippen LogP contribution in [0, 0.1) is 26.6 Å². The molecule has 0 atom stereocenters. The Morgan fingerprint density at radius 3 is 2.52 bits per heavy atom. The summed E-state index contributed by atoms with van der Waals surface area (Å²) in [7, 11) is 1.51. The van der Waals surface area contributed by atoms with Gasteiger partial charge in [-0.1, -0.05) is 35.8 Å². The first-order valence-corrected chi connectivity index (χ1v) is 17.3. The van der Waals surface area contributed by atoms with E-state index in [1.54, 1.807) is 55.5 Å². The fraction of sp³-hybridized carbons (Fsp3) is 0.308. The van der Waals surface area contributed by atoms with Crippen molar-refractivity contribution in [3.63, 3.8) is 0 Å². The number of likely N-dealkylation sites (tertiary alicyclic amines) is 1. The van der Waals surface area contributed by atoms with Gasteiger partial charge in [-0.05, 0) is 100 Å². The molecule has 2 aromatic heterocycles. The number of carbonyl (C=O) groups excluding carboxylic acids is 1. The maximum atomic E-state index is 15.1. The molecule has 1 fully saturated rings. The maximum Gasteiger partial charge on any atom is 0.425 e. The zero-order valence-electron chi connectivity index (χ0n) is 29.8. The van der Waals surface area contributed by atoms with E-state index in [0.29, 0.717) is 41.2 Å². The molecule has 13 heteroatoms. The van der Waals surface area contributed by atoms with Crippen molar-refractivity contribution in [3.8, 4) is 17.2 Å².